The smallest absolute Gasteiger partial charge is 0.173 e. The van der Waals surface area contributed by atoms with Gasteiger partial charge in [-0.15, -0.1) is 0 Å². The number of nitrogens with one attached hydrogen (secondary N) is 2. The van der Waals surface area contributed by atoms with Crippen molar-refractivity contribution < 1.29 is 4.74 Å². The highest BCUT2D eigenvalue weighted by Crippen LogP contribution is 2.28. The lowest BCUT2D eigenvalue weighted by Crippen LogP contribution is -2.31. The van der Waals surface area contributed by atoms with Gasteiger partial charge in [0.25, 0.3) is 0 Å². The third-order valence-corrected chi connectivity index (χ3v) is 5.80. The standard InChI is InChI=1S/C21H27BrN6O/c1-2-3-10-29-18-8-4-7-17(18)26-19-11-20(24-13-15-6-5-9-23-12-15)28-21(27-19)16(22)14-25-28/h5-6,9,11-12,14,17-18,24H,2-4,7-8,10,13H2,1H3,(H,26,27)/t17?,18-/m0/s1. The molecule has 3 aromatic heterocycles. The molecule has 0 radical (unpaired) electrons. The lowest BCUT2D eigenvalue weighted by molar-refractivity contribution is 0.0501. The summed E-state index contributed by atoms with van der Waals surface area (Å²) in [6, 6.07) is 6.29. The molecule has 0 amide bonds. The molecular formula is C21H27BrN6O. The first-order chi connectivity index (χ1) is 14.2. The van der Waals surface area contributed by atoms with Gasteiger partial charge in [-0.2, -0.15) is 9.61 Å². The second-order valence-electron chi connectivity index (χ2n) is 7.41. The summed E-state index contributed by atoms with van der Waals surface area (Å²) in [5.74, 6) is 1.72. The fourth-order valence-electron chi connectivity index (χ4n) is 3.69. The Labute approximate surface area is 179 Å². The maximum atomic E-state index is 6.12. The Balaban J connectivity index is 1.52. The van der Waals surface area contributed by atoms with Gasteiger partial charge in [0.15, 0.2) is 5.65 Å². The summed E-state index contributed by atoms with van der Waals surface area (Å²) in [5, 5.41) is 11.5. The second kappa shape index (κ2) is 9.54. The maximum Gasteiger partial charge on any atom is 0.173 e. The lowest BCUT2D eigenvalue weighted by Gasteiger charge is -2.22. The molecule has 1 aliphatic rings. The van der Waals surface area contributed by atoms with Crippen LogP contribution in [0.2, 0.25) is 0 Å². The van der Waals surface area contributed by atoms with Crippen molar-refractivity contribution in [2.24, 2.45) is 0 Å². The number of hydrogen-bond donors (Lipinski definition) is 2. The van der Waals surface area contributed by atoms with Crippen molar-refractivity contribution in [3.05, 3.63) is 46.8 Å². The fourth-order valence-corrected chi connectivity index (χ4v) is 4.04. The molecule has 1 unspecified atom stereocenters. The molecule has 2 N–H and O–H groups in total. The fraction of sp³-hybridized carbons (Fsp3) is 0.476. The Morgan fingerprint density at radius 3 is 3.07 bits per heavy atom. The van der Waals surface area contributed by atoms with Crippen molar-refractivity contribution in [1.82, 2.24) is 19.6 Å². The number of halogens is 1. The number of ether oxygens (including phenoxy) is 1. The minimum absolute atomic E-state index is 0.250. The van der Waals surface area contributed by atoms with E-state index in [0.717, 1.165) is 59.6 Å². The van der Waals surface area contributed by atoms with E-state index in [4.69, 9.17) is 9.72 Å². The molecule has 0 saturated heterocycles. The number of aromatic nitrogens is 4. The second-order valence-corrected chi connectivity index (χ2v) is 8.27. The summed E-state index contributed by atoms with van der Waals surface area (Å²) in [7, 11) is 0. The third-order valence-electron chi connectivity index (χ3n) is 5.24. The summed E-state index contributed by atoms with van der Waals surface area (Å²) >= 11 is 3.56. The normalized spacial score (nSPS) is 19.0. The zero-order valence-corrected chi connectivity index (χ0v) is 18.2. The van der Waals surface area contributed by atoms with E-state index in [0.29, 0.717) is 6.54 Å². The van der Waals surface area contributed by atoms with Gasteiger partial charge in [-0.25, -0.2) is 4.98 Å². The van der Waals surface area contributed by atoms with Crippen molar-refractivity contribution in [2.45, 2.75) is 57.7 Å². The van der Waals surface area contributed by atoms with Gasteiger partial charge in [0.1, 0.15) is 11.6 Å². The molecule has 0 spiro atoms. The van der Waals surface area contributed by atoms with E-state index < -0.39 is 0 Å². The molecule has 29 heavy (non-hydrogen) atoms. The van der Waals surface area contributed by atoms with Crippen LogP contribution in [0.5, 0.6) is 0 Å². The molecule has 0 aliphatic heterocycles. The highest BCUT2D eigenvalue weighted by Gasteiger charge is 2.28. The van der Waals surface area contributed by atoms with Gasteiger partial charge >= 0.3 is 0 Å². The van der Waals surface area contributed by atoms with E-state index in [-0.39, 0.29) is 12.1 Å². The molecule has 3 heterocycles. The average Bonchev–Trinajstić information content (AvgIpc) is 3.34. The first kappa shape index (κ1) is 20.1. The Bertz CT molecular complexity index is 932. The highest BCUT2D eigenvalue weighted by molar-refractivity contribution is 9.10. The van der Waals surface area contributed by atoms with Gasteiger partial charge < -0.3 is 15.4 Å². The SMILES string of the molecule is CCCCO[C@H]1CCCC1Nc1cc(NCc2cccnc2)n2ncc(Br)c2n1. The van der Waals surface area contributed by atoms with E-state index >= 15 is 0 Å². The summed E-state index contributed by atoms with van der Waals surface area (Å²) in [4.78, 5) is 8.96. The Morgan fingerprint density at radius 1 is 1.31 bits per heavy atom. The average molecular weight is 459 g/mol. The van der Waals surface area contributed by atoms with Crippen LogP contribution in [0.25, 0.3) is 5.65 Å². The van der Waals surface area contributed by atoms with Gasteiger partial charge in [-0.1, -0.05) is 19.4 Å². The molecule has 2 atom stereocenters. The molecule has 154 valence electrons. The van der Waals surface area contributed by atoms with Gasteiger partial charge in [-0.05, 0) is 53.2 Å². The number of nitrogens with zero attached hydrogens (tertiary/aromatic N) is 4. The van der Waals surface area contributed by atoms with Crippen molar-refractivity contribution in [2.75, 3.05) is 17.2 Å². The van der Waals surface area contributed by atoms with Crippen molar-refractivity contribution in [3.8, 4) is 0 Å². The maximum absolute atomic E-state index is 6.12. The van der Waals surface area contributed by atoms with E-state index in [9.17, 15) is 0 Å². The quantitative estimate of drug-likeness (QED) is 0.454. The lowest BCUT2D eigenvalue weighted by atomic mass is 10.2. The van der Waals surface area contributed by atoms with Crippen LogP contribution in [-0.4, -0.2) is 38.3 Å². The summed E-state index contributed by atoms with van der Waals surface area (Å²) in [6.45, 7) is 3.68. The molecule has 0 bridgehead atoms. The largest absolute Gasteiger partial charge is 0.376 e. The number of anilines is 2. The number of unbranched alkanes of at least 4 members (excludes halogenated alkanes) is 1. The number of pyridine rings is 1. The molecule has 1 aliphatic carbocycles. The molecular weight excluding hydrogens is 432 g/mol. The van der Waals surface area contributed by atoms with Crippen LogP contribution in [0.1, 0.15) is 44.6 Å². The molecule has 3 aromatic rings. The Kier molecular flexibility index (Phi) is 6.61. The van der Waals surface area contributed by atoms with E-state index in [1.54, 1.807) is 12.4 Å². The predicted molar refractivity (Wildman–Crippen MR) is 118 cm³/mol. The third kappa shape index (κ3) is 4.87. The topological polar surface area (TPSA) is 76.4 Å². The van der Waals surface area contributed by atoms with Crippen LogP contribution < -0.4 is 10.6 Å². The van der Waals surface area contributed by atoms with E-state index in [2.05, 4.69) is 43.6 Å². The van der Waals surface area contributed by atoms with Crippen molar-refractivity contribution in [3.63, 3.8) is 0 Å². The summed E-state index contributed by atoms with van der Waals surface area (Å²) in [5.41, 5.74) is 1.89. The van der Waals surface area contributed by atoms with Gasteiger partial charge in [0.2, 0.25) is 0 Å². The number of hydrogen-bond acceptors (Lipinski definition) is 6. The molecule has 1 saturated carbocycles. The predicted octanol–water partition coefficient (Wildman–Crippen LogP) is 4.65. The Hall–Kier alpha value is -2.19. The highest BCUT2D eigenvalue weighted by atomic mass is 79.9. The summed E-state index contributed by atoms with van der Waals surface area (Å²) < 4.78 is 8.80. The molecule has 1 fully saturated rings. The molecule has 0 aromatic carbocycles. The van der Waals surface area contributed by atoms with Crippen LogP contribution in [0.3, 0.4) is 0 Å². The van der Waals surface area contributed by atoms with Crippen molar-refractivity contribution >= 4 is 33.2 Å². The zero-order chi connectivity index (χ0) is 20.1. The van der Waals surface area contributed by atoms with Gasteiger partial charge in [0, 0.05) is 31.6 Å². The van der Waals surface area contributed by atoms with Gasteiger partial charge in [0.05, 0.1) is 22.8 Å². The molecule has 8 heteroatoms. The number of rotatable bonds is 9. The van der Waals surface area contributed by atoms with Gasteiger partial charge in [-0.3, -0.25) is 4.98 Å². The number of fused-ring (bicyclic) bond motifs is 1. The minimum atomic E-state index is 0.250. The van der Waals surface area contributed by atoms with Crippen LogP contribution in [0.4, 0.5) is 11.6 Å². The molecule has 7 nitrogen and oxygen atoms in total. The minimum Gasteiger partial charge on any atom is -0.376 e. The van der Waals surface area contributed by atoms with Crippen LogP contribution in [0, 0.1) is 0 Å². The monoisotopic (exact) mass is 458 g/mol. The van der Waals surface area contributed by atoms with Crippen LogP contribution >= 0.6 is 15.9 Å². The molecule has 4 rings (SSSR count). The zero-order valence-electron chi connectivity index (χ0n) is 16.6. The Morgan fingerprint density at radius 2 is 2.24 bits per heavy atom. The van der Waals surface area contributed by atoms with Crippen LogP contribution in [0.15, 0.2) is 41.3 Å². The van der Waals surface area contributed by atoms with E-state index in [1.807, 2.05) is 28.9 Å². The van der Waals surface area contributed by atoms with E-state index in [1.165, 1.54) is 6.42 Å². The van der Waals surface area contributed by atoms with Crippen LogP contribution in [-0.2, 0) is 11.3 Å². The summed E-state index contributed by atoms with van der Waals surface area (Å²) in [6.07, 6.45) is 11.3. The van der Waals surface area contributed by atoms with Crippen molar-refractivity contribution in [1.29, 1.82) is 0 Å². The first-order valence-electron chi connectivity index (χ1n) is 10.3. The first-order valence-corrected chi connectivity index (χ1v) is 11.1.